The summed E-state index contributed by atoms with van der Waals surface area (Å²) in [6.07, 6.45) is 4.01. The van der Waals surface area contributed by atoms with Gasteiger partial charge in [-0.05, 0) is 116 Å². The first-order valence-electron chi connectivity index (χ1n) is 20.3. The summed E-state index contributed by atoms with van der Waals surface area (Å²) >= 11 is 6.42. The highest BCUT2D eigenvalue weighted by molar-refractivity contribution is 7.06. The van der Waals surface area contributed by atoms with Gasteiger partial charge in [-0.3, -0.25) is 0 Å². The highest BCUT2D eigenvalue weighted by Gasteiger charge is 2.14. The van der Waals surface area contributed by atoms with Crippen molar-refractivity contribution < 1.29 is 0 Å². The maximum Gasteiger partial charge on any atom is 0.0602 e. The number of nitrogens with zero attached hydrogens (tertiary/aromatic N) is 4. The summed E-state index contributed by atoms with van der Waals surface area (Å²) < 4.78 is 17.2. The number of rotatable bonds is 8. The van der Waals surface area contributed by atoms with Crippen molar-refractivity contribution in [2.45, 2.75) is 243 Å². The van der Waals surface area contributed by atoms with E-state index in [1.54, 1.807) is 46.1 Å². The molecule has 4 nitrogen and oxygen atoms in total. The van der Waals surface area contributed by atoms with E-state index in [1.807, 2.05) is 67.8 Å². The summed E-state index contributed by atoms with van der Waals surface area (Å²) in [6.45, 7) is 51.4. The van der Waals surface area contributed by atoms with Crippen molar-refractivity contribution in [3.63, 3.8) is 0 Å². The van der Waals surface area contributed by atoms with Gasteiger partial charge in [-0.2, -0.15) is 8.75 Å². The largest absolute Gasteiger partial charge is 0.201 e. The Balaban J connectivity index is -0.0000000841. The van der Waals surface area contributed by atoms with Gasteiger partial charge in [0.2, 0.25) is 0 Å². The molecular weight excluding hydrogens is 761 g/mol. The van der Waals surface area contributed by atoms with Crippen LogP contribution in [-0.2, 0) is 0 Å². The highest BCUT2D eigenvalue weighted by atomic mass is 32.1. The SMILES string of the molecule is C.C.C.C.CC.CC.CC.CC.CC(C)c1cnsc1C(C)C.CC(C)c1cnsc1C(C)C.CC(C)c1csnc1C(C)C.CC(C)c1csnc1C(C)C. The molecule has 4 rings (SSSR count). The molecule has 0 aromatic carbocycles. The van der Waals surface area contributed by atoms with Crippen LogP contribution in [0.4, 0.5) is 0 Å². The molecule has 0 aliphatic heterocycles. The normalized spacial score (nSPS) is 9.43. The molecule has 4 aromatic rings. The maximum atomic E-state index is 4.38. The third-order valence-electron chi connectivity index (χ3n) is 7.14. The van der Waals surface area contributed by atoms with E-state index < -0.39 is 0 Å². The molecule has 0 aliphatic carbocycles. The zero-order valence-corrected chi connectivity index (χ0v) is 41.6. The molecule has 0 aliphatic rings. The van der Waals surface area contributed by atoms with Crippen molar-refractivity contribution in [3.05, 3.63) is 66.5 Å². The van der Waals surface area contributed by atoms with Crippen LogP contribution in [0.2, 0.25) is 0 Å². The van der Waals surface area contributed by atoms with Crippen LogP contribution in [0.3, 0.4) is 0 Å². The van der Waals surface area contributed by atoms with Gasteiger partial charge in [0.15, 0.2) is 0 Å². The number of hydrogen-bond acceptors (Lipinski definition) is 8. The zero-order valence-electron chi connectivity index (χ0n) is 38.4. The second-order valence-electron chi connectivity index (χ2n) is 13.8. The molecule has 4 aromatic heterocycles. The van der Waals surface area contributed by atoms with Crippen LogP contribution in [0.15, 0.2) is 23.2 Å². The molecule has 0 fully saturated rings. The summed E-state index contributed by atoms with van der Waals surface area (Å²) in [7, 11) is 0. The summed E-state index contributed by atoms with van der Waals surface area (Å²) in [5, 5.41) is 4.33. The van der Waals surface area contributed by atoms with Gasteiger partial charge in [-0.15, -0.1) is 0 Å². The van der Waals surface area contributed by atoms with E-state index in [0.717, 1.165) is 0 Å². The predicted molar refractivity (Wildman–Crippen MR) is 273 cm³/mol. The Kier molecular flexibility index (Phi) is 55.5. The summed E-state index contributed by atoms with van der Waals surface area (Å²) in [5.74, 6) is 4.85. The lowest BCUT2D eigenvalue weighted by atomic mass is 9.98. The predicted octanol–water partition coefficient (Wildman–Crippen LogP) is 20.2. The fourth-order valence-electron chi connectivity index (χ4n) is 4.50. The Bertz CT molecular complexity index is 1010. The first-order chi connectivity index (χ1) is 24.5. The first-order valence-corrected chi connectivity index (χ1v) is 23.5. The highest BCUT2D eigenvalue weighted by Crippen LogP contribution is 2.30. The summed E-state index contributed by atoms with van der Waals surface area (Å²) in [6, 6.07) is 0. The standard InChI is InChI=1S/4C9H15NS.4C2H6.4CH4/c2*1-6(2)8-5-11-10-9(8)7(3)4;2*1-6(2)8-5-10-11-9(8)7(3)4;4*1-2;;;;/h4*5-7H,1-4H3;4*1-2H3;4*1H4. The van der Waals surface area contributed by atoms with Crippen LogP contribution in [-0.4, -0.2) is 17.5 Å². The molecule has 0 saturated carbocycles. The van der Waals surface area contributed by atoms with E-state index in [4.69, 9.17) is 0 Å². The van der Waals surface area contributed by atoms with Crippen molar-refractivity contribution in [3.8, 4) is 0 Å². The fourth-order valence-corrected chi connectivity index (χ4v) is 8.25. The van der Waals surface area contributed by atoms with Crippen molar-refractivity contribution in [1.82, 2.24) is 17.5 Å². The van der Waals surface area contributed by atoms with E-state index in [0.29, 0.717) is 47.3 Å². The van der Waals surface area contributed by atoms with Crippen LogP contribution in [0, 0.1) is 0 Å². The van der Waals surface area contributed by atoms with E-state index in [-0.39, 0.29) is 29.7 Å². The third kappa shape index (κ3) is 28.0. The molecule has 0 amide bonds. The maximum absolute atomic E-state index is 4.38. The molecule has 0 atom stereocenters. The van der Waals surface area contributed by atoms with Gasteiger partial charge in [0.1, 0.15) is 0 Å². The number of aromatic nitrogens is 4. The molecule has 336 valence electrons. The molecule has 0 saturated heterocycles. The van der Waals surface area contributed by atoms with E-state index >= 15 is 0 Å². The molecule has 0 N–H and O–H groups in total. The van der Waals surface area contributed by atoms with Gasteiger partial charge in [0.05, 0.1) is 11.4 Å². The monoisotopic (exact) mass is 861 g/mol. The van der Waals surface area contributed by atoms with Gasteiger partial charge in [-0.25, -0.2) is 8.75 Å². The lowest BCUT2D eigenvalue weighted by Gasteiger charge is -2.07. The number of hydrogen-bond donors (Lipinski definition) is 0. The lowest BCUT2D eigenvalue weighted by Crippen LogP contribution is -1.95. The molecule has 0 unspecified atom stereocenters. The van der Waals surface area contributed by atoms with E-state index in [1.165, 1.54) is 43.4 Å². The van der Waals surface area contributed by atoms with Gasteiger partial charge in [0.25, 0.3) is 0 Å². The Morgan fingerprint density at radius 1 is 0.339 bits per heavy atom. The van der Waals surface area contributed by atoms with Crippen LogP contribution in [0.5, 0.6) is 0 Å². The van der Waals surface area contributed by atoms with Crippen molar-refractivity contribution in [1.29, 1.82) is 0 Å². The molecular formula is C48H100N4S4. The average molecular weight is 862 g/mol. The quantitative estimate of drug-likeness (QED) is 0.177. The Hall–Kier alpha value is -1.48. The Morgan fingerprint density at radius 2 is 0.571 bits per heavy atom. The van der Waals surface area contributed by atoms with Crippen LogP contribution >= 0.6 is 46.1 Å². The van der Waals surface area contributed by atoms with Crippen molar-refractivity contribution >= 4 is 46.1 Å². The molecule has 0 bridgehead atoms. The third-order valence-corrected chi connectivity index (χ3v) is 10.7. The van der Waals surface area contributed by atoms with E-state index in [9.17, 15) is 0 Å². The summed E-state index contributed by atoms with van der Waals surface area (Å²) in [5.41, 5.74) is 8.25. The van der Waals surface area contributed by atoms with Crippen molar-refractivity contribution in [2.24, 2.45) is 0 Å². The molecule has 0 radical (unpaired) electrons. The first kappa shape index (κ1) is 72.2. The lowest BCUT2D eigenvalue weighted by molar-refractivity contribution is 0.776. The Labute approximate surface area is 371 Å². The zero-order chi connectivity index (χ0) is 41.7. The topological polar surface area (TPSA) is 51.6 Å². The Morgan fingerprint density at radius 3 is 0.714 bits per heavy atom. The second kappa shape index (κ2) is 43.1. The minimum Gasteiger partial charge on any atom is -0.201 e. The molecule has 8 heteroatoms. The van der Waals surface area contributed by atoms with Gasteiger partial charge < -0.3 is 0 Å². The minimum atomic E-state index is 0. The molecule has 4 heterocycles. The van der Waals surface area contributed by atoms with Gasteiger partial charge >= 0.3 is 0 Å². The van der Waals surface area contributed by atoms with Gasteiger partial charge in [-0.1, -0.05) is 196 Å². The molecule has 56 heavy (non-hydrogen) atoms. The van der Waals surface area contributed by atoms with Crippen molar-refractivity contribution in [2.75, 3.05) is 0 Å². The van der Waals surface area contributed by atoms with E-state index in [2.05, 4.69) is 139 Å². The minimum absolute atomic E-state index is 0. The van der Waals surface area contributed by atoms with Gasteiger partial charge in [0, 0.05) is 32.9 Å². The van der Waals surface area contributed by atoms with Crippen LogP contribution in [0.1, 0.15) is 287 Å². The van der Waals surface area contributed by atoms with Crippen LogP contribution < -0.4 is 0 Å². The summed E-state index contributed by atoms with van der Waals surface area (Å²) in [4.78, 5) is 2.89. The fraction of sp³-hybridized carbons (Fsp3) is 0.750. The molecule has 0 spiro atoms. The smallest absolute Gasteiger partial charge is 0.0602 e. The van der Waals surface area contributed by atoms with Crippen LogP contribution in [0.25, 0.3) is 0 Å². The second-order valence-corrected chi connectivity index (χ2v) is 16.8. The average Bonchev–Trinajstić information content (AvgIpc) is 3.95.